The Bertz CT molecular complexity index is 1040. The number of nitrogen functional groups attached to an aromatic ring is 1. The van der Waals surface area contributed by atoms with Gasteiger partial charge in [0.15, 0.2) is 5.69 Å². The molecule has 6 nitrogen and oxygen atoms in total. The molecule has 0 amide bonds. The van der Waals surface area contributed by atoms with Gasteiger partial charge in [-0.3, -0.25) is 4.79 Å². The molecule has 25 heavy (non-hydrogen) atoms. The van der Waals surface area contributed by atoms with Crippen LogP contribution < -0.4 is 5.73 Å². The van der Waals surface area contributed by atoms with Crippen LogP contribution >= 0.6 is 0 Å². The zero-order valence-electron chi connectivity index (χ0n) is 13.2. The lowest BCUT2D eigenvalue weighted by molar-refractivity contribution is -0.163. The molecule has 0 bridgehead atoms. The Kier molecular flexibility index (Phi) is 3.45. The number of carbonyl (C=O) groups is 1. The normalized spacial score (nSPS) is 15.2. The molecule has 1 aliphatic heterocycles. The Morgan fingerprint density at radius 2 is 1.92 bits per heavy atom. The van der Waals surface area contributed by atoms with E-state index in [9.17, 15) is 9.90 Å². The molecule has 1 saturated heterocycles. The Labute approximate surface area is 143 Å². The molecule has 4 rings (SSSR count). The number of hydrogen-bond acceptors (Lipinski definition) is 5. The van der Waals surface area contributed by atoms with Crippen molar-refractivity contribution >= 4 is 22.4 Å². The van der Waals surface area contributed by atoms with Gasteiger partial charge in [0, 0.05) is 5.56 Å². The highest BCUT2D eigenvalue weighted by Gasteiger charge is 2.47. The van der Waals surface area contributed by atoms with E-state index in [-0.39, 0.29) is 13.2 Å². The average molecular weight is 334 g/mol. The third kappa shape index (κ3) is 2.51. The minimum Gasteiger partial charge on any atom is -0.480 e. The van der Waals surface area contributed by atoms with E-state index in [2.05, 4.69) is 17.0 Å². The zero-order chi connectivity index (χ0) is 17.4. The average Bonchev–Trinajstić information content (AvgIpc) is 2.96. The number of anilines is 1. The summed E-state index contributed by atoms with van der Waals surface area (Å²) in [6.07, 6.45) is 1.34. The van der Waals surface area contributed by atoms with E-state index in [1.807, 2.05) is 36.4 Å². The van der Waals surface area contributed by atoms with Gasteiger partial charge >= 0.3 is 5.97 Å². The Morgan fingerprint density at radius 3 is 2.56 bits per heavy atom. The number of ether oxygens (including phenoxy) is 1. The molecule has 0 spiro atoms. The van der Waals surface area contributed by atoms with Gasteiger partial charge in [0.2, 0.25) is 0 Å². The number of nitrogens with two attached hydrogens (primary N) is 1. The highest BCUT2D eigenvalue weighted by molar-refractivity contribution is 5.89. The van der Waals surface area contributed by atoms with Crippen LogP contribution in [-0.4, -0.2) is 29.4 Å². The van der Waals surface area contributed by atoms with E-state index in [1.54, 1.807) is 0 Å². The number of hydrogen-bond donors (Lipinski definition) is 2. The van der Waals surface area contributed by atoms with Crippen molar-refractivity contribution in [3.05, 3.63) is 59.5 Å². The van der Waals surface area contributed by atoms with E-state index in [1.165, 1.54) is 6.26 Å². The van der Waals surface area contributed by atoms with Crippen molar-refractivity contribution in [2.75, 3.05) is 18.9 Å². The van der Waals surface area contributed by atoms with Gasteiger partial charge in [-0.2, -0.15) is 0 Å². The number of benzene rings is 2. The number of carboxylic acid groups (broad SMARTS) is 1. The summed E-state index contributed by atoms with van der Waals surface area (Å²) >= 11 is 0. The minimum absolute atomic E-state index is 0.205. The van der Waals surface area contributed by atoms with Crippen molar-refractivity contribution in [2.45, 2.75) is 5.41 Å². The van der Waals surface area contributed by atoms with Crippen LogP contribution in [0.5, 0.6) is 0 Å². The van der Waals surface area contributed by atoms with Crippen molar-refractivity contribution in [3.63, 3.8) is 0 Å². The number of aromatic nitrogens is 1. The van der Waals surface area contributed by atoms with Gasteiger partial charge in [-0.15, -0.1) is 0 Å². The van der Waals surface area contributed by atoms with Crippen LogP contribution in [0.2, 0.25) is 0 Å². The lowest BCUT2D eigenvalue weighted by Crippen LogP contribution is -2.53. The van der Waals surface area contributed by atoms with E-state index >= 15 is 0 Å². The fourth-order valence-corrected chi connectivity index (χ4v) is 2.81. The SMILES string of the molecule is Nc1conc1C#Cc1ccc2cc(C3(C(=O)O)COC3)ccc2c1. The first-order chi connectivity index (χ1) is 12.1. The van der Waals surface area contributed by atoms with Crippen molar-refractivity contribution in [1.82, 2.24) is 5.16 Å². The third-order valence-corrected chi connectivity index (χ3v) is 4.42. The number of aliphatic carboxylic acids is 1. The molecule has 3 N–H and O–H groups in total. The van der Waals surface area contributed by atoms with Crippen LogP contribution in [-0.2, 0) is 14.9 Å². The summed E-state index contributed by atoms with van der Waals surface area (Å²) in [4.78, 5) is 11.6. The van der Waals surface area contributed by atoms with Crippen molar-refractivity contribution in [3.8, 4) is 11.8 Å². The second-order valence-corrected chi connectivity index (χ2v) is 6.03. The maximum absolute atomic E-state index is 11.6. The third-order valence-electron chi connectivity index (χ3n) is 4.42. The molecule has 0 unspecified atom stereocenters. The van der Waals surface area contributed by atoms with E-state index < -0.39 is 11.4 Å². The Morgan fingerprint density at radius 1 is 1.16 bits per heavy atom. The van der Waals surface area contributed by atoms with E-state index in [0.29, 0.717) is 11.4 Å². The summed E-state index contributed by atoms with van der Waals surface area (Å²) in [7, 11) is 0. The molecule has 0 saturated carbocycles. The number of carboxylic acids is 1. The summed E-state index contributed by atoms with van der Waals surface area (Å²) in [6.45, 7) is 0.410. The molecule has 1 aliphatic rings. The van der Waals surface area contributed by atoms with Crippen LogP contribution in [0.15, 0.2) is 47.2 Å². The summed E-state index contributed by atoms with van der Waals surface area (Å²) in [5.74, 6) is 5.01. The molecule has 6 heteroatoms. The molecule has 0 atom stereocenters. The van der Waals surface area contributed by atoms with E-state index in [4.69, 9.17) is 15.0 Å². The quantitative estimate of drug-likeness (QED) is 0.697. The number of fused-ring (bicyclic) bond motifs is 1. The first kappa shape index (κ1) is 15.2. The smallest absolute Gasteiger partial charge is 0.318 e. The van der Waals surface area contributed by atoms with Crippen LogP contribution in [0.25, 0.3) is 10.8 Å². The van der Waals surface area contributed by atoms with Gasteiger partial charge in [-0.25, -0.2) is 0 Å². The molecule has 2 heterocycles. The highest BCUT2D eigenvalue weighted by atomic mass is 16.5. The standard InChI is InChI=1S/C19H14N2O4/c20-16-9-25-21-17(16)6-2-12-1-3-14-8-15(5-4-13(14)7-12)19(18(22)23)10-24-11-19/h1,3-5,7-9H,10-11,20H2,(H,22,23). The summed E-state index contributed by atoms with van der Waals surface area (Å²) in [5, 5.41) is 15.2. The largest absolute Gasteiger partial charge is 0.480 e. The summed E-state index contributed by atoms with van der Waals surface area (Å²) in [5.41, 5.74) is 7.12. The second-order valence-electron chi connectivity index (χ2n) is 6.03. The van der Waals surface area contributed by atoms with Gasteiger partial charge in [0.1, 0.15) is 17.4 Å². The molecule has 0 aliphatic carbocycles. The van der Waals surface area contributed by atoms with Crippen LogP contribution in [0, 0.1) is 11.8 Å². The fourth-order valence-electron chi connectivity index (χ4n) is 2.81. The Balaban J connectivity index is 1.69. The van der Waals surface area contributed by atoms with Crippen LogP contribution in [0.3, 0.4) is 0 Å². The highest BCUT2D eigenvalue weighted by Crippen LogP contribution is 2.34. The summed E-state index contributed by atoms with van der Waals surface area (Å²) in [6, 6.07) is 11.4. The van der Waals surface area contributed by atoms with Crippen molar-refractivity contribution < 1.29 is 19.2 Å². The Hall–Kier alpha value is -3.30. The molecule has 3 aromatic rings. The van der Waals surface area contributed by atoms with Crippen molar-refractivity contribution in [2.24, 2.45) is 0 Å². The fraction of sp³-hybridized carbons (Fsp3) is 0.158. The molecule has 1 fully saturated rings. The molecular weight excluding hydrogens is 320 g/mol. The van der Waals surface area contributed by atoms with Gasteiger partial charge in [0.25, 0.3) is 0 Å². The lowest BCUT2D eigenvalue weighted by atomic mass is 9.78. The van der Waals surface area contributed by atoms with Crippen LogP contribution in [0.1, 0.15) is 16.8 Å². The molecule has 0 radical (unpaired) electrons. The van der Waals surface area contributed by atoms with Gasteiger partial charge in [-0.05, 0) is 40.5 Å². The molecule has 2 aromatic carbocycles. The first-order valence-electron chi connectivity index (χ1n) is 7.66. The monoisotopic (exact) mass is 334 g/mol. The van der Waals surface area contributed by atoms with Gasteiger partial charge in [0.05, 0.1) is 13.2 Å². The maximum atomic E-state index is 11.6. The molecule has 1 aromatic heterocycles. The first-order valence-corrected chi connectivity index (χ1v) is 7.66. The lowest BCUT2D eigenvalue weighted by Gasteiger charge is -2.37. The van der Waals surface area contributed by atoms with Crippen molar-refractivity contribution in [1.29, 1.82) is 0 Å². The maximum Gasteiger partial charge on any atom is 0.318 e. The second kappa shape index (κ2) is 5.65. The predicted molar refractivity (Wildman–Crippen MR) is 91.0 cm³/mol. The number of rotatable bonds is 2. The molecule has 124 valence electrons. The minimum atomic E-state index is -0.933. The van der Waals surface area contributed by atoms with Gasteiger partial charge in [-0.1, -0.05) is 29.3 Å². The topological polar surface area (TPSA) is 98.6 Å². The summed E-state index contributed by atoms with van der Waals surface area (Å²) < 4.78 is 9.89. The predicted octanol–water partition coefficient (Wildman–Crippen LogP) is 2.16. The zero-order valence-corrected chi connectivity index (χ0v) is 13.2. The number of nitrogens with zero attached hydrogens (tertiary/aromatic N) is 1. The van der Waals surface area contributed by atoms with Gasteiger partial charge < -0.3 is 20.1 Å². The molecular formula is C19H14N2O4. The van der Waals surface area contributed by atoms with Crippen LogP contribution in [0.4, 0.5) is 5.69 Å². The van der Waals surface area contributed by atoms with E-state index in [0.717, 1.165) is 21.9 Å².